The maximum Gasteiger partial charge on any atom is 0.287 e. The molecule has 25 heavy (non-hydrogen) atoms. The first-order valence-electron chi connectivity index (χ1n) is 7.54. The first-order chi connectivity index (χ1) is 12.1. The third kappa shape index (κ3) is 2.99. The van der Waals surface area contributed by atoms with E-state index in [2.05, 4.69) is 10.3 Å². The van der Waals surface area contributed by atoms with Crippen molar-refractivity contribution in [3.05, 3.63) is 81.6 Å². The molecule has 1 N–H and O–H groups in total. The van der Waals surface area contributed by atoms with Gasteiger partial charge in [0.1, 0.15) is 11.2 Å². The quantitative estimate of drug-likeness (QED) is 0.614. The Morgan fingerprint density at radius 3 is 2.96 bits per heavy atom. The molecule has 0 saturated heterocycles. The molecule has 0 fully saturated rings. The van der Waals surface area contributed by atoms with E-state index in [1.165, 1.54) is 6.07 Å². The number of hydrogen-bond acceptors (Lipinski definition) is 4. The Morgan fingerprint density at radius 2 is 2.12 bits per heavy atom. The monoisotopic (exact) mass is 353 g/mol. The maximum atomic E-state index is 12.3. The van der Waals surface area contributed by atoms with Crippen LogP contribution in [-0.4, -0.2) is 15.3 Å². The molecule has 0 aliphatic carbocycles. The summed E-state index contributed by atoms with van der Waals surface area (Å²) in [6, 6.07) is 11.5. The molecule has 6 nitrogen and oxygen atoms in total. The summed E-state index contributed by atoms with van der Waals surface area (Å²) in [6.07, 6.45) is 3.70. The Labute approximate surface area is 146 Å². The number of nitrogens with one attached hydrogen (secondary N) is 1. The van der Waals surface area contributed by atoms with Crippen molar-refractivity contribution in [1.29, 1.82) is 0 Å². The molecule has 0 spiro atoms. The summed E-state index contributed by atoms with van der Waals surface area (Å²) >= 11 is 5.88. The smallest absolute Gasteiger partial charge is 0.287 e. The fourth-order valence-electron chi connectivity index (χ4n) is 2.57. The van der Waals surface area contributed by atoms with E-state index in [1.807, 2.05) is 35.0 Å². The molecule has 4 rings (SSSR count). The van der Waals surface area contributed by atoms with Crippen LogP contribution < -0.4 is 10.7 Å². The lowest BCUT2D eigenvalue weighted by molar-refractivity contribution is 0.0923. The summed E-state index contributed by atoms with van der Waals surface area (Å²) < 4.78 is 7.37. The standard InChI is InChI=1S/C18H12ClN3O3/c19-11-4-5-15-13(7-11)14(23)8-16(25-15)18(24)20-9-12-10-22-6-2-1-3-17(22)21-12/h1-8,10H,9H2,(H,20,24). The van der Waals surface area contributed by atoms with E-state index in [4.69, 9.17) is 16.0 Å². The number of hydrogen-bond donors (Lipinski definition) is 1. The van der Waals surface area contributed by atoms with Crippen molar-refractivity contribution in [2.75, 3.05) is 0 Å². The van der Waals surface area contributed by atoms with Crippen molar-refractivity contribution in [3.63, 3.8) is 0 Å². The van der Waals surface area contributed by atoms with Crippen LogP contribution >= 0.6 is 11.6 Å². The van der Waals surface area contributed by atoms with E-state index >= 15 is 0 Å². The zero-order chi connectivity index (χ0) is 17.4. The minimum Gasteiger partial charge on any atom is -0.451 e. The third-order valence-corrected chi connectivity index (χ3v) is 3.99. The fourth-order valence-corrected chi connectivity index (χ4v) is 2.74. The van der Waals surface area contributed by atoms with Crippen molar-refractivity contribution in [2.24, 2.45) is 0 Å². The lowest BCUT2D eigenvalue weighted by atomic mass is 10.2. The van der Waals surface area contributed by atoms with Gasteiger partial charge in [-0.25, -0.2) is 4.98 Å². The maximum absolute atomic E-state index is 12.3. The predicted molar refractivity (Wildman–Crippen MR) is 93.9 cm³/mol. The highest BCUT2D eigenvalue weighted by molar-refractivity contribution is 6.31. The molecule has 0 radical (unpaired) electrons. The van der Waals surface area contributed by atoms with Crippen LogP contribution in [0.25, 0.3) is 16.6 Å². The number of carbonyl (C=O) groups excluding carboxylic acids is 1. The average molecular weight is 354 g/mol. The fraction of sp³-hybridized carbons (Fsp3) is 0.0556. The van der Waals surface area contributed by atoms with Crippen LogP contribution in [0.3, 0.4) is 0 Å². The van der Waals surface area contributed by atoms with Gasteiger partial charge in [-0.15, -0.1) is 0 Å². The summed E-state index contributed by atoms with van der Waals surface area (Å²) in [5.74, 6) is -0.533. The molecule has 0 aliphatic heterocycles. The molecule has 0 bridgehead atoms. The summed E-state index contributed by atoms with van der Waals surface area (Å²) in [5.41, 5.74) is 1.49. The van der Waals surface area contributed by atoms with Crippen LogP contribution in [0.4, 0.5) is 0 Å². The molecule has 0 aliphatic rings. The normalized spacial score (nSPS) is 11.1. The summed E-state index contributed by atoms with van der Waals surface area (Å²) in [7, 11) is 0. The van der Waals surface area contributed by atoms with E-state index in [-0.39, 0.29) is 17.7 Å². The number of amides is 1. The van der Waals surface area contributed by atoms with Crippen LogP contribution in [0, 0.1) is 0 Å². The van der Waals surface area contributed by atoms with Gasteiger partial charge in [-0.1, -0.05) is 17.7 Å². The van der Waals surface area contributed by atoms with Gasteiger partial charge in [-0.2, -0.15) is 0 Å². The molecule has 0 saturated carbocycles. The van der Waals surface area contributed by atoms with Gasteiger partial charge in [-0.05, 0) is 30.3 Å². The molecule has 0 atom stereocenters. The summed E-state index contributed by atoms with van der Waals surface area (Å²) in [6.45, 7) is 0.225. The topological polar surface area (TPSA) is 76.6 Å². The number of aromatic nitrogens is 2. The number of benzene rings is 1. The van der Waals surface area contributed by atoms with Gasteiger partial charge in [0.15, 0.2) is 11.2 Å². The van der Waals surface area contributed by atoms with E-state index in [0.29, 0.717) is 21.7 Å². The second-order valence-electron chi connectivity index (χ2n) is 5.50. The lowest BCUT2D eigenvalue weighted by Gasteiger charge is -2.04. The summed E-state index contributed by atoms with van der Waals surface area (Å²) in [4.78, 5) is 28.8. The Kier molecular flexibility index (Phi) is 3.74. The second-order valence-corrected chi connectivity index (χ2v) is 5.93. The molecule has 7 heteroatoms. The van der Waals surface area contributed by atoms with Crippen molar-refractivity contribution < 1.29 is 9.21 Å². The van der Waals surface area contributed by atoms with Gasteiger partial charge in [0.05, 0.1) is 17.6 Å². The van der Waals surface area contributed by atoms with Crippen LogP contribution in [0.1, 0.15) is 16.2 Å². The number of carbonyl (C=O) groups is 1. The summed E-state index contributed by atoms with van der Waals surface area (Å²) in [5, 5.41) is 3.48. The van der Waals surface area contributed by atoms with Crippen molar-refractivity contribution >= 4 is 34.1 Å². The Balaban J connectivity index is 1.57. The van der Waals surface area contributed by atoms with Crippen LogP contribution in [0.15, 0.2) is 64.1 Å². The van der Waals surface area contributed by atoms with Gasteiger partial charge in [0.25, 0.3) is 5.91 Å². The number of pyridine rings is 1. The van der Waals surface area contributed by atoms with Gasteiger partial charge >= 0.3 is 0 Å². The molecular formula is C18H12ClN3O3. The Bertz CT molecular complexity index is 1130. The van der Waals surface area contributed by atoms with Crippen molar-refractivity contribution in [3.8, 4) is 0 Å². The largest absolute Gasteiger partial charge is 0.451 e. The molecule has 0 unspecified atom stereocenters. The minimum atomic E-state index is -0.481. The van der Waals surface area contributed by atoms with Gasteiger partial charge in [0, 0.05) is 23.5 Å². The average Bonchev–Trinajstić information content (AvgIpc) is 3.03. The number of halogens is 1. The van der Waals surface area contributed by atoms with E-state index in [0.717, 1.165) is 11.7 Å². The molecule has 3 aromatic heterocycles. The highest BCUT2D eigenvalue weighted by atomic mass is 35.5. The van der Waals surface area contributed by atoms with Crippen LogP contribution in [0.2, 0.25) is 5.02 Å². The molecule has 4 aromatic rings. The third-order valence-electron chi connectivity index (χ3n) is 3.76. The van der Waals surface area contributed by atoms with E-state index in [9.17, 15) is 9.59 Å². The zero-order valence-corrected chi connectivity index (χ0v) is 13.7. The van der Waals surface area contributed by atoms with Crippen molar-refractivity contribution in [1.82, 2.24) is 14.7 Å². The molecule has 3 heterocycles. The van der Waals surface area contributed by atoms with Gasteiger partial charge < -0.3 is 14.1 Å². The molecular weight excluding hydrogens is 342 g/mol. The highest BCUT2D eigenvalue weighted by Crippen LogP contribution is 2.17. The van der Waals surface area contributed by atoms with Gasteiger partial charge in [0.2, 0.25) is 0 Å². The van der Waals surface area contributed by atoms with Gasteiger partial charge in [-0.3, -0.25) is 9.59 Å². The number of nitrogens with zero attached hydrogens (tertiary/aromatic N) is 2. The number of imidazole rings is 1. The van der Waals surface area contributed by atoms with Crippen molar-refractivity contribution in [2.45, 2.75) is 6.54 Å². The van der Waals surface area contributed by atoms with Crippen LogP contribution in [-0.2, 0) is 6.54 Å². The predicted octanol–water partition coefficient (Wildman–Crippen LogP) is 3.02. The Morgan fingerprint density at radius 1 is 1.24 bits per heavy atom. The second kappa shape index (κ2) is 6.07. The first-order valence-corrected chi connectivity index (χ1v) is 7.92. The molecule has 124 valence electrons. The SMILES string of the molecule is O=C(NCc1cn2ccccc2n1)c1cc(=O)c2cc(Cl)ccc2o1. The molecule has 1 amide bonds. The molecule has 1 aromatic carbocycles. The highest BCUT2D eigenvalue weighted by Gasteiger charge is 2.13. The van der Waals surface area contributed by atoms with E-state index in [1.54, 1.807) is 12.1 Å². The number of rotatable bonds is 3. The number of fused-ring (bicyclic) bond motifs is 2. The Hall–Kier alpha value is -3.12. The van der Waals surface area contributed by atoms with Crippen LogP contribution in [0.5, 0.6) is 0 Å². The zero-order valence-electron chi connectivity index (χ0n) is 12.9. The van der Waals surface area contributed by atoms with E-state index < -0.39 is 5.91 Å². The minimum absolute atomic E-state index is 0.0522. The first kappa shape index (κ1) is 15.4. The lowest BCUT2D eigenvalue weighted by Crippen LogP contribution is -2.24.